The molecule has 7 rings (SSSR count). The standard InChI is InChI=1S/C34H47NO10/c1-7-35-16-31(17-40-3)14-13-21(41-4)33-20-15-32(39)28(44-30(38)19-11-9-8-10-12-19)22(20)34(45-18(2)36,27(37)29(32)43-6)23(26(33)35)24(42-5)25(31)33/h8-12,20-29,37,39H,7,13-17H2,1-6H3/t20-,21+,22-,23+,24+,25-,26+,27+,28-,29+,31+,32-,33+,34-/m1/s1. The molecule has 1 saturated heterocycles. The van der Waals surface area contributed by atoms with E-state index in [1.54, 1.807) is 45.6 Å². The maximum atomic E-state index is 13.7. The number of rotatable bonds is 9. The van der Waals surface area contributed by atoms with Gasteiger partial charge < -0.3 is 38.6 Å². The van der Waals surface area contributed by atoms with Crippen LogP contribution in [0, 0.1) is 34.5 Å². The van der Waals surface area contributed by atoms with E-state index in [-0.39, 0.29) is 35.8 Å². The average molecular weight is 630 g/mol. The first-order valence-electron chi connectivity index (χ1n) is 16.2. The SMILES string of the molecule is CCN1C[C@]2(COC)CC[C@H](OC)[C@@]34[C@@H]5C[C@@]6(O)[C@H](OC(=O)c7ccccc7)[C@@H]5[C@@](OC(C)=O)([C@@H]([C@H](OC)[C@H]23)[C@H]14)[C@@H](O)[C@@H]6OC. The van der Waals surface area contributed by atoms with Crippen LogP contribution in [0.2, 0.25) is 0 Å². The van der Waals surface area contributed by atoms with Gasteiger partial charge >= 0.3 is 11.9 Å². The lowest BCUT2D eigenvalue weighted by Crippen LogP contribution is -2.80. The molecule has 1 heterocycles. The van der Waals surface area contributed by atoms with Gasteiger partial charge in [-0.3, -0.25) is 9.69 Å². The minimum Gasteiger partial charge on any atom is -0.455 e. The highest BCUT2D eigenvalue weighted by Gasteiger charge is 2.91. The summed E-state index contributed by atoms with van der Waals surface area (Å²) in [7, 11) is 6.59. The molecule has 2 N–H and O–H groups in total. The Bertz CT molecular complexity index is 1330. The highest BCUT2D eigenvalue weighted by Crippen LogP contribution is 2.80. The summed E-state index contributed by atoms with van der Waals surface area (Å²) in [5, 5.41) is 25.3. The van der Waals surface area contributed by atoms with E-state index in [0.29, 0.717) is 18.7 Å². The monoisotopic (exact) mass is 629 g/mol. The average Bonchev–Trinajstić information content (AvgIpc) is 3.40. The van der Waals surface area contributed by atoms with Crippen LogP contribution in [0.25, 0.3) is 0 Å². The van der Waals surface area contributed by atoms with Crippen LogP contribution in [-0.4, -0.2) is 123 Å². The third-order valence-electron chi connectivity index (χ3n) is 13.0. The molecule has 7 bridgehead atoms. The van der Waals surface area contributed by atoms with Crippen molar-refractivity contribution < 1.29 is 48.2 Å². The molecule has 11 heteroatoms. The minimum atomic E-state index is -1.76. The Kier molecular flexibility index (Phi) is 7.48. The van der Waals surface area contributed by atoms with Gasteiger partial charge in [0.1, 0.15) is 23.9 Å². The lowest BCUT2D eigenvalue weighted by Gasteiger charge is -2.69. The molecular formula is C34H47NO10. The summed E-state index contributed by atoms with van der Waals surface area (Å²) in [5.74, 6) is -2.95. The van der Waals surface area contributed by atoms with Gasteiger partial charge in [-0.15, -0.1) is 0 Å². The first-order valence-corrected chi connectivity index (χ1v) is 16.2. The molecule has 1 aromatic rings. The molecule has 11 nitrogen and oxygen atoms in total. The van der Waals surface area contributed by atoms with E-state index in [1.807, 2.05) is 6.07 Å². The van der Waals surface area contributed by atoms with E-state index >= 15 is 0 Å². The minimum absolute atomic E-state index is 0.101. The lowest BCUT2D eigenvalue weighted by molar-refractivity contribution is -0.317. The van der Waals surface area contributed by atoms with Crippen molar-refractivity contribution in [2.24, 2.45) is 34.5 Å². The number of hydrogen-bond acceptors (Lipinski definition) is 11. The topological polar surface area (TPSA) is 133 Å². The van der Waals surface area contributed by atoms with Gasteiger partial charge in [0.05, 0.1) is 24.4 Å². The Morgan fingerprint density at radius 3 is 2.36 bits per heavy atom. The Balaban J connectivity index is 1.52. The molecule has 248 valence electrons. The second-order valence-corrected chi connectivity index (χ2v) is 14.3. The van der Waals surface area contributed by atoms with Crippen molar-refractivity contribution in [2.75, 3.05) is 48.1 Å². The molecule has 5 saturated carbocycles. The van der Waals surface area contributed by atoms with E-state index in [0.717, 1.165) is 19.4 Å². The first kappa shape index (κ1) is 31.5. The summed E-state index contributed by atoms with van der Waals surface area (Å²) in [4.78, 5) is 29.4. The number of carbonyl (C=O) groups is 2. The van der Waals surface area contributed by atoms with Crippen molar-refractivity contribution in [2.45, 2.75) is 80.9 Å². The highest BCUT2D eigenvalue weighted by atomic mass is 16.6. The van der Waals surface area contributed by atoms with Crippen LogP contribution in [0.1, 0.15) is 43.5 Å². The van der Waals surface area contributed by atoms with E-state index < -0.39 is 64.8 Å². The molecule has 1 aliphatic heterocycles. The van der Waals surface area contributed by atoms with E-state index in [1.165, 1.54) is 14.0 Å². The number of piperidine rings is 1. The molecule has 6 fully saturated rings. The largest absolute Gasteiger partial charge is 0.455 e. The fraction of sp³-hybridized carbons (Fsp3) is 0.765. The van der Waals surface area contributed by atoms with Crippen molar-refractivity contribution in [1.29, 1.82) is 0 Å². The fourth-order valence-corrected chi connectivity index (χ4v) is 12.4. The Morgan fingerprint density at radius 2 is 1.76 bits per heavy atom. The number of aliphatic hydroxyl groups excluding tert-OH is 1. The van der Waals surface area contributed by atoms with Gasteiger partial charge in [0.2, 0.25) is 0 Å². The van der Waals surface area contributed by atoms with Crippen LogP contribution < -0.4 is 0 Å². The smallest absolute Gasteiger partial charge is 0.338 e. The molecule has 14 atom stereocenters. The van der Waals surface area contributed by atoms with Gasteiger partial charge in [-0.05, 0) is 43.9 Å². The van der Waals surface area contributed by atoms with Gasteiger partial charge in [-0.2, -0.15) is 0 Å². The van der Waals surface area contributed by atoms with Crippen molar-refractivity contribution in [1.82, 2.24) is 4.90 Å². The summed E-state index contributed by atoms with van der Waals surface area (Å²) in [6.45, 7) is 5.44. The summed E-state index contributed by atoms with van der Waals surface area (Å²) >= 11 is 0. The number of carbonyl (C=O) groups excluding carboxylic acids is 2. The third-order valence-corrected chi connectivity index (χ3v) is 13.0. The van der Waals surface area contributed by atoms with Gasteiger partial charge in [-0.1, -0.05) is 25.1 Å². The van der Waals surface area contributed by atoms with Crippen molar-refractivity contribution in [3.63, 3.8) is 0 Å². The number of methoxy groups -OCH3 is 4. The predicted octanol–water partition coefficient (Wildman–Crippen LogP) is 1.68. The van der Waals surface area contributed by atoms with Crippen LogP contribution in [0.15, 0.2) is 30.3 Å². The predicted molar refractivity (Wildman–Crippen MR) is 159 cm³/mol. The zero-order valence-corrected chi connectivity index (χ0v) is 27.0. The van der Waals surface area contributed by atoms with Crippen molar-refractivity contribution in [3.8, 4) is 0 Å². The van der Waals surface area contributed by atoms with Gasteiger partial charge in [0.15, 0.2) is 5.60 Å². The second kappa shape index (κ2) is 10.7. The summed E-state index contributed by atoms with van der Waals surface area (Å²) in [6, 6.07) is 8.42. The molecule has 45 heavy (non-hydrogen) atoms. The Labute approximate surface area is 264 Å². The number of ether oxygens (including phenoxy) is 6. The van der Waals surface area contributed by atoms with Crippen molar-refractivity contribution in [3.05, 3.63) is 35.9 Å². The number of fused-ring (bicyclic) bond motifs is 2. The normalized spacial score (nSPS) is 49.1. The first-order chi connectivity index (χ1) is 21.6. The molecule has 1 spiro atoms. The molecule has 6 aliphatic rings. The number of benzene rings is 1. The van der Waals surface area contributed by atoms with Crippen LogP contribution >= 0.6 is 0 Å². The van der Waals surface area contributed by atoms with Gasteiger partial charge in [-0.25, -0.2) is 4.79 Å². The number of likely N-dealkylation sites (tertiary alicyclic amines) is 1. The highest BCUT2D eigenvalue weighted by molar-refractivity contribution is 5.89. The molecule has 5 aliphatic carbocycles. The van der Waals surface area contributed by atoms with Crippen LogP contribution in [0.4, 0.5) is 0 Å². The summed E-state index contributed by atoms with van der Waals surface area (Å²) < 4.78 is 37.7. The zero-order valence-electron chi connectivity index (χ0n) is 27.0. The zero-order chi connectivity index (χ0) is 32.1. The maximum absolute atomic E-state index is 13.7. The number of hydrogen-bond donors (Lipinski definition) is 2. The Hall–Kier alpha value is -2.12. The van der Waals surface area contributed by atoms with E-state index in [9.17, 15) is 19.8 Å². The quantitative estimate of drug-likeness (QED) is 0.387. The fourth-order valence-electron chi connectivity index (χ4n) is 12.4. The van der Waals surface area contributed by atoms with Gasteiger partial charge in [0.25, 0.3) is 0 Å². The number of aliphatic hydroxyl groups is 2. The van der Waals surface area contributed by atoms with Crippen molar-refractivity contribution >= 4 is 11.9 Å². The number of nitrogens with zero attached hydrogens (tertiary/aromatic N) is 1. The Morgan fingerprint density at radius 1 is 1.02 bits per heavy atom. The summed E-state index contributed by atoms with van der Waals surface area (Å²) in [5.41, 5.74) is -3.92. The molecule has 0 unspecified atom stereocenters. The number of esters is 2. The molecule has 1 aromatic carbocycles. The van der Waals surface area contributed by atoms with Gasteiger partial charge in [0, 0.05) is 76.5 Å². The lowest BCUT2D eigenvalue weighted by atomic mass is 9.43. The molecule has 0 aromatic heterocycles. The van der Waals surface area contributed by atoms with Crippen LogP contribution in [-0.2, 0) is 33.2 Å². The summed E-state index contributed by atoms with van der Waals surface area (Å²) in [6.07, 6.45) is -2.64. The molecule has 0 radical (unpaired) electrons. The van der Waals surface area contributed by atoms with Crippen LogP contribution in [0.5, 0.6) is 0 Å². The maximum Gasteiger partial charge on any atom is 0.338 e. The second-order valence-electron chi connectivity index (χ2n) is 14.3. The molecular weight excluding hydrogens is 582 g/mol. The molecule has 0 amide bonds. The van der Waals surface area contributed by atoms with E-state index in [2.05, 4.69) is 11.8 Å². The van der Waals surface area contributed by atoms with Crippen LogP contribution in [0.3, 0.4) is 0 Å². The third kappa shape index (κ3) is 3.66. The van der Waals surface area contributed by atoms with E-state index in [4.69, 9.17) is 28.4 Å².